The lowest BCUT2D eigenvalue weighted by Crippen LogP contribution is -2.38. The van der Waals surface area contributed by atoms with Crippen LogP contribution >= 0.6 is 0 Å². The van der Waals surface area contributed by atoms with Crippen LogP contribution in [0.3, 0.4) is 0 Å². The lowest BCUT2D eigenvalue weighted by molar-refractivity contribution is -0.129. The molecule has 28 heavy (non-hydrogen) atoms. The third kappa shape index (κ3) is 4.71. The van der Waals surface area contributed by atoms with Gasteiger partial charge in [-0.2, -0.15) is 0 Å². The first-order valence-corrected chi connectivity index (χ1v) is 9.82. The Morgan fingerprint density at radius 1 is 0.964 bits per heavy atom. The molecule has 1 N–H and O–H groups in total. The second-order valence-corrected chi connectivity index (χ2v) is 7.31. The number of carbonyl (C=O) groups is 2. The zero-order chi connectivity index (χ0) is 19.9. The van der Waals surface area contributed by atoms with E-state index in [1.165, 1.54) is 0 Å². The molecule has 3 rings (SSSR count). The Morgan fingerprint density at radius 3 is 2.25 bits per heavy atom. The number of ether oxygens (including phenoxy) is 1. The van der Waals surface area contributed by atoms with Crippen molar-refractivity contribution in [3.63, 3.8) is 0 Å². The lowest BCUT2D eigenvalue weighted by atomic mass is 9.81. The van der Waals surface area contributed by atoms with Gasteiger partial charge in [-0.1, -0.05) is 36.4 Å². The molecule has 0 spiro atoms. The summed E-state index contributed by atoms with van der Waals surface area (Å²) in [5.74, 6) is 0.942. The van der Waals surface area contributed by atoms with Gasteiger partial charge >= 0.3 is 0 Å². The standard InChI is InChI=1S/C23H28N2O3/c1-25(20-9-4-3-5-10-20)23(27)18-14-12-17(13-15-18)22(26)24-16-19-8-6-7-11-21(19)28-2/h3-11,17-18H,12-16H2,1-2H3,(H,24,26). The fraction of sp³-hybridized carbons (Fsp3) is 0.391. The summed E-state index contributed by atoms with van der Waals surface area (Å²) in [5.41, 5.74) is 1.87. The number of nitrogens with one attached hydrogen (secondary N) is 1. The van der Waals surface area contributed by atoms with Crippen LogP contribution in [0.2, 0.25) is 0 Å². The van der Waals surface area contributed by atoms with E-state index in [1.807, 2.05) is 61.6 Å². The molecule has 2 aromatic rings. The number of benzene rings is 2. The molecule has 0 unspecified atom stereocenters. The minimum absolute atomic E-state index is 0.0107. The minimum atomic E-state index is -0.0270. The number of hydrogen-bond acceptors (Lipinski definition) is 3. The van der Waals surface area contributed by atoms with Gasteiger partial charge in [0.2, 0.25) is 11.8 Å². The van der Waals surface area contributed by atoms with Crippen molar-refractivity contribution in [3.05, 3.63) is 60.2 Å². The van der Waals surface area contributed by atoms with Gasteiger partial charge in [-0.15, -0.1) is 0 Å². The summed E-state index contributed by atoms with van der Waals surface area (Å²) in [5, 5.41) is 3.02. The van der Waals surface area contributed by atoms with E-state index >= 15 is 0 Å². The molecule has 0 saturated heterocycles. The van der Waals surface area contributed by atoms with Crippen LogP contribution in [0.15, 0.2) is 54.6 Å². The molecule has 0 bridgehead atoms. The van der Waals surface area contributed by atoms with Crippen LogP contribution in [-0.4, -0.2) is 26.0 Å². The van der Waals surface area contributed by atoms with Crippen molar-refractivity contribution < 1.29 is 14.3 Å². The van der Waals surface area contributed by atoms with E-state index in [-0.39, 0.29) is 23.7 Å². The molecule has 0 aromatic heterocycles. The highest BCUT2D eigenvalue weighted by Gasteiger charge is 2.31. The number of nitrogens with zero attached hydrogens (tertiary/aromatic N) is 1. The zero-order valence-corrected chi connectivity index (χ0v) is 16.6. The van der Waals surface area contributed by atoms with E-state index in [4.69, 9.17) is 4.74 Å². The Hall–Kier alpha value is -2.82. The van der Waals surface area contributed by atoms with Crippen molar-refractivity contribution in [3.8, 4) is 5.75 Å². The molecule has 1 aliphatic carbocycles. The van der Waals surface area contributed by atoms with E-state index in [1.54, 1.807) is 12.0 Å². The Kier molecular flexibility index (Phi) is 6.69. The van der Waals surface area contributed by atoms with Crippen molar-refractivity contribution in [2.45, 2.75) is 32.2 Å². The van der Waals surface area contributed by atoms with E-state index in [9.17, 15) is 9.59 Å². The van der Waals surface area contributed by atoms with Gasteiger partial charge in [0.15, 0.2) is 0 Å². The summed E-state index contributed by atoms with van der Waals surface area (Å²) in [4.78, 5) is 27.1. The number of methoxy groups -OCH3 is 1. The maximum Gasteiger partial charge on any atom is 0.229 e. The van der Waals surface area contributed by atoms with Crippen molar-refractivity contribution in [1.29, 1.82) is 0 Å². The first-order valence-electron chi connectivity index (χ1n) is 9.82. The zero-order valence-electron chi connectivity index (χ0n) is 16.6. The molecule has 0 aliphatic heterocycles. The lowest BCUT2D eigenvalue weighted by Gasteiger charge is -2.30. The molecule has 1 fully saturated rings. The Labute approximate surface area is 166 Å². The predicted octanol–water partition coefficient (Wildman–Crippen LogP) is 3.78. The number of carbonyl (C=O) groups excluding carboxylic acids is 2. The van der Waals surface area contributed by atoms with Crippen LogP contribution < -0.4 is 15.0 Å². The Balaban J connectivity index is 1.49. The van der Waals surface area contributed by atoms with Crippen molar-refractivity contribution in [2.24, 2.45) is 11.8 Å². The largest absolute Gasteiger partial charge is 0.496 e. The second-order valence-electron chi connectivity index (χ2n) is 7.31. The van der Waals surface area contributed by atoms with Crippen molar-refractivity contribution in [2.75, 3.05) is 19.1 Å². The molecule has 1 aliphatic rings. The summed E-state index contributed by atoms with van der Waals surface area (Å²) in [6.45, 7) is 0.457. The SMILES string of the molecule is COc1ccccc1CNC(=O)C1CCC(C(=O)N(C)c2ccccc2)CC1. The number of para-hydroxylation sites is 2. The summed E-state index contributed by atoms with van der Waals surface area (Å²) < 4.78 is 5.33. The van der Waals surface area contributed by atoms with Gasteiger partial charge in [0.05, 0.1) is 7.11 Å². The molecule has 0 heterocycles. The average molecular weight is 380 g/mol. The number of rotatable bonds is 6. The van der Waals surface area contributed by atoms with E-state index in [0.717, 1.165) is 42.7 Å². The first-order chi connectivity index (χ1) is 13.6. The number of hydrogen-bond donors (Lipinski definition) is 1. The van der Waals surface area contributed by atoms with Gasteiger partial charge in [-0.25, -0.2) is 0 Å². The van der Waals surface area contributed by atoms with Gasteiger partial charge in [-0.05, 0) is 43.9 Å². The Bertz CT molecular complexity index is 799. The first kappa shape index (κ1) is 19.9. The van der Waals surface area contributed by atoms with Gasteiger partial charge in [0.25, 0.3) is 0 Å². The summed E-state index contributed by atoms with van der Waals surface area (Å²) in [6, 6.07) is 17.4. The number of amides is 2. The van der Waals surface area contributed by atoms with Gasteiger partial charge in [-0.3, -0.25) is 9.59 Å². The third-order valence-electron chi connectivity index (χ3n) is 5.57. The molecule has 0 atom stereocenters. The van der Waals surface area contributed by atoms with Gasteiger partial charge in [0, 0.05) is 36.7 Å². The van der Waals surface area contributed by atoms with E-state index < -0.39 is 0 Å². The van der Waals surface area contributed by atoms with Crippen LogP contribution in [0.5, 0.6) is 5.75 Å². The summed E-state index contributed by atoms with van der Waals surface area (Å²) >= 11 is 0. The molecular formula is C23H28N2O3. The highest BCUT2D eigenvalue weighted by atomic mass is 16.5. The maximum atomic E-state index is 12.8. The molecule has 5 nitrogen and oxygen atoms in total. The molecule has 2 aromatic carbocycles. The monoisotopic (exact) mass is 380 g/mol. The minimum Gasteiger partial charge on any atom is -0.496 e. The molecule has 2 amide bonds. The van der Waals surface area contributed by atoms with Crippen LogP contribution in [0, 0.1) is 11.8 Å². The van der Waals surface area contributed by atoms with Crippen molar-refractivity contribution in [1.82, 2.24) is 5.32 Å². The van der Waals surface area contributed by atoms with Gasteiger partial charge in [0.1, 0.15) is 5.75 Å². The molecule has 0 radical (unpaired) electrons. The smallest absolute Gasteiger partial charge is 0.229 e. The molecular weight excluding hydrogens is 352 g/mol. The molecule has 148 valence electrons. The van der Waals surface area contributed by atoms with E-state index in [2.05, 4.69) is 5.32 Å². The average Bonchev–Trinajstić information content (AvgIpc) is 2.77. The van der Waals surface area contributed by atoms with Crippen LogP contribution in [0.4, 0.5) is 5.69 Å². The van der Waals surface area contributed by atoms with E-state index in [0.29, 0.717) is 6.54 Å². The normalized spacial score (nSPS) is 18.9. The molecule has 5 heteroatoms. The summed E-state index contributed by atoms with van der Waals surface area (Å²) in [7, 11) is 3.45. The topological polar surface area (TPSA) is 58.6 Å². The van der Waals surface area contributed by atoms with Crippen LogP contribution in [0.1, 0.15) is 31.2 Å². The van der Waals surface area contributed by atoms with Gasteiger partial charge < -0.3 is 15.0 Å². The summed E-state index contributed by atoms with van der Waals surface area (Å²) in [6.07, 6.45) is 3.00. The van der Waals surface area contributed by atoms with Crippen molar-refractivity contribution >= 4 is 17.5 Å². The highest BCUT2D eigenvalue weighted by molar-refractivity contribution is 5.94. The number of anilines is 1. The van der Waals surface area contributed by atoms with Crippen LogP contribution in [0.25, 0.3) is 0 Å². The molecule has 1 saturated carbocycles. The fourth-order valence-corrected chi connectivity index (χ4v) is 3.83. The maximum absolute atomic E-state index is 12.8. The third-order valence-corrected chi connectivity index (χ3v) is 5.57. The fourth-order valence-electron chi connectivity index (χ4n) is 3.83. The predicted molar refractivity (Wildman–Crippen MR) is 110 cm³/mol. The van der Waals surface area contributed by atoms with Crippen LogP contribution in [-0.2, 0) is 16.1 Å². The quantitative estimate of drug-likeness (QED) is 0.830. The highest BCUT2D eigenvalue weighted by Crippen LogP contribution is 2.31. The second kappa shape index (κ2) is 9.40. The Morgan fingerprint density at radius 2 is 1.57 bits per heavy atom.